The molecule has 1 aromatic heterocycles. The van der Waals surface area contributed by atoms with Crippen molar-refractivity contribution in [1.82, 2.24) is 14.9 Å². The third kappa shape index (κ3) is 3.34. The summed E-state index contributed by atoms with van der Waals surface area (Å²) < 4.78 is 0. The molecule has 0 aromatic carbocycles. The van der Waals surface area contributed by atoms with Crippen LogP contribution >= 0.6 is 0 Å². The first kappa shape index (κ1) is 15.7. The van der Waals surface area contributed by atoms with Gasteiger partial charge in [-0.15, -0.1) is 0 Å². The van der Waals surface area contributed by atoms with E-state index < -0.39 is 0 Å². The molecule has 4 rings (SSSR count). The number of rotatable bonds is 5. The van der Waals surface area contributed by atoms with E-state index in [-0.39, 0.29) is 0 Å². The lowest BCUT2D eigenvalue weighted by Crippen LogP contribution is -2.44. The van der Waals surface area contributed by atoms with E-state index in [4.69, 9.17) is 5.73 Å². The van der Waals surface area contributed by atoms with Gasteiger partial charge in [0.25, 0.3) is 0 Å². The molecule has 6 heteroatoms. The topological polar surface area (TPSA) is 70.3 Å². The van der Waals surface area contributed by atoms with Gasteiger partial charge in [-0.2, -0.15) is 9.97 Å². The summed E-state index contributed by atoms with van der Waals surface area (Å²) in [6.07, 6.45) is 8.77. The number of aromatic nitrogens is 2. The molecule has 3 aliphatic rings. The van der Waals surface area contributed by atoms with Crippen LogP contribution in [0.4, 0.5) is 17.6 Å². The molecule has 1 saturated heterocycles. The summed E-state index contributed by atoms with van der Waals surface area (Å²) in [5, 5.41) is 3.47. The lowest BCUT2D eigenvalue weighted by Gasteiger charge is -2.33. The van der Waals surface area contributed by atoms with Crippen LogP contribution in [0.15, 0.2) is 18.2 Å². The second kappa shape index (κ2) is 6.59. The molecule has 0 radical (unpaired) electrons. The fourth-order valence-corrected chi connectivity index (χ4v) is 4.35. The first-order valence-corrected chi connectivity index (χ1v) is 9.17. The van der Waals surface area contributed by atoms with E-state index in [0.29, 0.717) is 5.95 Å². The fourth-order valence-electron chi connectivity index (χ4n) is 4.35. The minimum Gasteiger partial charge on any atom is -0.370 e. The largest absolute Gasteiger partial charge is 0.370 e. The monoisotopic (exact) mass is 328 g/mol. The van der Waals surface area contributed by atoms with Crippen LogP contribution in [-0.2, 0) is 0 Å². The second-order valence-corrected chi connectivity index (χ2v) is 7.52. The van der Waals surface area contributed by atoms with E-state index in [0.717, 1.165) is 62.1 Å². The molecule has 130 valence electrons. The van der Waals surface area contributed by atoms with E-state index in [1.807, 2.05) is 6.07 Å². The zero-order valence-corrected chi connectivity index (χ0v) is 14.5. The third-order valence-corrected chi connectivity index (χ3v) is 5.79. The molecule has 2 heterocycles. The number of nitrogens with zero attached hydrogens (tertiary/aromatic N) is 4. The van der Waals surface area contributed by atoms with Gasteiger partial charge in [-0.25, -0.2) is 0 Å². The zero-order chi connectivity index (χ0) is 16.5. The Labute approximate surface area is 144 Å². The molecule has 0 amide bonds. The Morgan fingerprint density at radius 3 is 2.71 bits per heavy atom. The van der Waals surface area contributed by atoms with Crippen molar-refractivity contribution < 1.29 is 0 Å². The number of nitrogens with two attached hydrogens (primary N) is 1. The highest BCUT2D eigenvalue weighted by Crippen LogP contribution is 2.44. The molecule has 1 aromatic rings. The van der Waals surface area contributed by atoms with Crippen molar-refractivity contribution in [3.8, 4) is 0 Å². The van der Waals surface area contributed by atoms with Crippen LogP contribution < -0.4 is 16.0 Å². The quantitative estimate of drug-likeness (QED) is 0.804. The molecule has 6 nitrogen and oxygen atoms in total. The number of fused-ring (bicyclic) bond motifs is 2. The Hall–Kier alpha value is -1.82. The minimum absolute atomic E-state index is 0.358. The van der Waals surface area contributed by atoms with E-state index in [9.17, 15) is 0 Å². The van der Waals surface area contributed by atoms with Gasteiger partial charge in [-0.05, 0) is 44.1 Å². The van der Waals surface area contributed by atoms with Gasteiger partial charge < -0.3 is 20.9 Å². The first-order chi connectivity index (χ1) is 11.7. The van der Waals surface area contributed by atoms with Crippen molar-refractivity contribution >= 4 is 17.6 Å². The fraction of sp³-hybridized carbons (Fsp3) is 0.667. The standard InChI is InChI=1S/C18H28N6/c1-23-6-8-24(9-7-23)17-12-16(21-18(19)22-17)20-5-4-15-11-13-2-3-14(15)10-13/h2-3,12-15H,4-11H2,1H3,(H3,19,20,21,22)/t13-,14+,15-/m1/s1. The average Bonchev–Trinajstić information content (AvgIpc) is 3.18. The van der Waals surface area contributed by atoms with Crippen LogP contribution in [0.1, 0.15) is 19.3 Å². The maximum atomic E-state index is 5.93. The summed E-state index contributed by atoms with van der Waals surface area (Å²) in [7, 11) is 2.16. The number of hydrogen-bond donors (Lipinski definition) is 2. The number of nitrogens with one attached hydrogen (secondary N) is 1. The minimum atomic E-state index is 0.358. The summed E-state index contributed by atoms with van der Waals surface area (Å²) in [5.41, 5.74) is 5.93. The number of hydrogen-bond acceptors (Lipinski definition) is 6. The van der Waals surface area contributed by atoms with Gasteiger partial charge in [0, 0.05) is 38.8 Å². The van der Waals surface area contributed by atoms with E-state index in [2.05, 4.69) is 44.3 Å². The van der Waals surface area contributed by atoms with Crippen LogP contribution in [0, 0.1) is 17.8 Å². The van der Waals surface area contributed by atoms with Crippen LogP contribution in [0.25, 0.3) is 0 Å². The maximum Gasteiger partial charge on any atom is 0.223 e. The van der Waals surface area contributed by atoms with E-state index in [1.165, 1.54) is 19.3 Å². The maximum absolute atomic E-state index is 5.93. The molecule has 2 aliphatic carbocycles. The van der Waals surface area contributed by atoms with Crippen LogP contribution in [0.5, 0.6) is 0 Å². The highest BCUT2D eigenvalue weighted by molar-refractivity contribution is 5.52. The predicted octanol–water partition coefficient (Wildman–Crippen LogP) is 1.82. The zero-order valence-electron chi connectivity index (χ0n) is 14.5. The van der Waals surface area contributed by atoms with E-state index in [1.54, 1.807) is 0 Å². The highest BCUT2D eigenvalue weighted by Gasteiger charge is 2.34. The van der Waals surface area contributed by atoms with Gasteiger partial charge in [-0.1, -0.05) is 12.2 Å². The summed E-state index contributed by atoms with van der Waals surface area (Å²) in [4.78, 5) is 13.4. The molecule has 0 unspecified atom stereocenters. The van der Waals surface area contributed by atoms with Gasteiger partial charge in [0.15, 0.2) is 0 Å². The van der Waals surface area contributed by atoms with Gasteiger partial charge in [-0.3, -0.25) is 0 Å². The number of nitrogen functional groups attached to an aromatic ring is 1. The Morgan fingerprint density at radius 2 is 2.00 bits per heavy atom. The van der Waals surface area contributed by atoms with E-state index >= 15 is 0 Å². The SMILES string of the molecule is CN1CCN(c2cc(NCC[C@@H]3C[C@@H]4C=C[C@H]3C4)nc(N)n2)CC1. The number of likely N-dealkylation sites (N-methyl/N-ethyl adjacent to an activating group) is 1. The van der Waals surface area contributed by atoms with Crippen molar-refractivity contribution in [2.45, 2.75) is 19.3 Å². The third-order valence-electron chi connectivity index (χ3n) is 5.79. The molecule has 2 bridgehead atoms. The molecule has 1 saturated carbocycles. The average molecular weight is 328 g/mol. The van der Waals surface area contributed by atoms with Crippen molar-refractivity contribution in [2.75, 3.05) is 55.7 Å². The normalized spacial score (nSPS) is 29.4. The van der Waals surface area contributed by atoms with Crippen molar-refractivity contribution in [2.24, 2.45) is 17.8 Å². The predicted molar refractivity (Wildman–Crippen MR) is 98.1 cm³/mol. The van der Waals surface area contributed by atoms with Crippen LogP contribution in [0.2, 0.25) is 0 Å². The Kier molecular flexibility index (Phi) is 4.31. The summed E-state index contributed by atoms with van der Waals surface area (Å²) in [6.45, 7) is 5.06. The summed E-state index contributed by atoms with van der Waals surface area (Å²) in [6, 6.07) is 2.04. The molecule has 0 spiro atoms. The van der Waals surface area contributed by atoms with Crippen molar-refractivity contribution in [1.29, 1.82) is 0 Å². The lowest BCUT2D eigenvalue weighted by atomic mass is 9.91. The molecule has 24 heavy (non-hydrogen) atoms. The summed E-state index contributed by atoms with van der Waals surface area (Å²) in [5.74, 6) is 4.66. The van der Waals surface area contributed by atoms with Crippen LogP contribution in [0.3, 0.4) is 0 Å². The number of piperazine rings is 1. The Balaban J connectivity index is 1.34. The number of allylic oxidation sites excluding steroid dienone is 2. The van der Waals surface area contributed by atoms with Crippen LogP contribution in [-0.4, -0.2) is 54.6 Å². The molecule has 3 N–H and O–H groups in total. The van der Waals surface area contributed by atoms with Gasteiger partial charge in [0.1, 0.15) is 11.6 Å². The smallest absolute Gasteiger partial charge is 0.223 e. The van der Waals surface area contributed by atoms with Crippen molar-refractivity contribution in [3.05, 3.63) is 18.2 Å². The first-order valence-electron chi connectivity index (χ1n) is 9.17. The summed E-state index contributed by atoms with van der Waals surface area (Å²) >= 11 is 0. The Morgan fingerprint density at radius 1 is 1.17 bits per heavy atom. The van der Waals surface area contributed by atoms with Crippen molar-refractivity contribution in [3.63, 3.8) is 0 Å². The molecular weight excluding hydrogens is 300 g/mol. The molecule has 2 fully saturated rings. The van der Waals surface area contributed by atoms with Gasteiger partial charge in [0.2, 0.25) is 5.95 Å². The van der Waals surface area contributed by atoms with Gasteiger partial charge >= 0.3 is 0 Å². The van der Waals surface area contributed by atoms with Gasteiger partial charge in [0.05, 0.1) is 0 Å². The second-order valence-electron chi connectivity index (χ2n) is 7.52. The Bertz CT molecular complexity index is 608. The lowest BCUT2D eigenvalue weighted by molar-refractivity contribution is 0.312. The molecule has 3 atom stereocenters. The highest BCUT2D eigenvalue weighted by atomic mass is 15.3. The molecule has 1 aliphatic heterocycles. The molecular formula is C18H28N6. The number of anilines is 3.